The summed E-state index contributed by atoms with van der Waals surface area (Å²) in [5.74, 6) is 0. The molecule has 10 heavy (non-hydrogen) atoms. The molecule has 1 N–H and O–H groups in total. The van der Waals surface area contributed by atoms with Crippen molar-refractivity contribution in [2.45, 2.75) is 0 Å². The molecule has 0 heterocycles. The van der Waals surface area contributed by atoms with Crippen LogP contribution in [0, 0.1) is 0 Å². The van der Waals surface area contributed by atoms with Gasteiger partial charge in [-0.15, -0.1) is 0 Å². The van der Waals surface area contributed by atoms with E-state index in [0.29, 0.717) is 0 Å². The quantitative estimate of drug-likeness (QED) is 0.550. The fourth-order valence-electron chi connectivity index (χ4n) is 0.705. The van der Waals surface area contributed by atoms with Gasteiger partial charge in [-0.2, -0.15) is 0 Å². The van der Waals surface area contributed by atoms with Gasteiger partial charge < -0.3 is 0 Å². The van der Waals surface area contributed by atoms with Crippen molar-refractivity contribution < 1.29 is 4.89 Å². The first-order valence-electron chi connectivity index (χ1n) is 2.96. The predicted molar refractivity (Wildman–Crippen MR) is 46.9 cm³/mol. The third kappa shape index (κ3) is 2.07. The summed E-state index contributed by atoms with van der Waals surface area (Å²) in [5.41, 5.74) is -1.89. The second-order valence-corrected chi connectivity index (χ2v) is 8.96. The summed E-state index contributed by atoms with van der Waals surface area (Å²) < 4.78 is 0. The molecule has 1 atom stereocenters. The monoisotopic (exact) mass is 220 g/mol. The van der Waals surface area contributed by atoms with Gasteiger partial charge in [-0.1, -0.05) is 0 Å². The normalized spacial score (nSPS) is 16.2. The van der Waals surface area contributed by atoms with E-state index >= 15 is 0 Å². The summed E-state index contributed by atoms with van der Waals surface area (Å²) in [6.07, 6.45) is 0. The van der Waals surface area contributed by atoms with E-state index in [9.17, 15) is 4.89 Å². The molecule has 3 heteroatoms. The standard InChI is InChI=1S/C7H9OPSe/c1-9(8,10)7-5-3-2-4-6-7/h2-6H,1H3,(H,8,10). The molecule has 0 saturated heterocycles. The van der Waals surface area contributed by atoms with Crippen LogP contribution in [0.4, 0.5) is 0 Å². The minimum absolute atomic E-state index is 1.01. The molecule has 0 spiro atoms. The van der Waals surface area contributed by atoms with Crippen molar-refractivity contribution in [3.8, 4) is 0 Å². The van der Waals surface area contributed by atoms with Gasteiger partial charge in [-0.05, 0) is 0 Å². The molecule has 0 aromatic heterocycles. The van der Waals surface area contributed by atoms with E-state index in [4.69, 9.17) is 0 Å². The molecule has 1 aromatic carbocycles. The van der Waals surface area contributed by atoms with E-state index in [0.717, 1.165) is 5.30 Å². The van der Waals surface area contributed by atoms with Gasteiger partial charge in [0.15, 0.2) is 0 Å². The molecule has 0 aliphatic carbocycles. The van der Waals surface area contributed by atoms with Crippen molar-refractivity contribution >= 4 is 26.1 Å². The molecule has 0 bridgehead atoms. The zero-order valence-corrected chi connectivity index (χ0v) is 8.30. The topological polar surface area (TPSA) is 20.2 Å². The molecule has 1 unspecified atom stereocenters. The van der Waals surface area contributed by atoms with E-state index in [1.165, 1.54) is 0 Å². The summed E-state index contributed by atoms with van der Waals surface area (Å²) in [6, 6.07) is 9.68. The molecule has 1 nitrogen and oxygen atoms in total. The Morgan fingerprint density at radius 3 is 2.10 bits per heavy atom. The SMILES string of the molecule is CP(O)(=[Se])c1ccccc1. The Labute approximate surface area is 68.4 Å². The molecule has 0 aliphatic rings. The van der Waals surface area contributed by atoms with Crippen molar-refractivity contribution in [3.63, 3.8) is 0 Å². The van der Waals surface area contributed by atoms with Gasteiger partial charge in [0.25, 0.3) is 0 Å². The van der Waals surface area contributed by atoms with Crippen LogP contribution in [0.5, 0.6) is 0 Å². The number of benzene rings is 1. The maximum atomic E-state index is 9.54. The van der Waals surface area contributed by atoms with Crippen molar-refractivity contribution in [1.82, 2.24) is 0 Å². The van der Waals surface area contributed by atoms with Crippen molar-refractivity contribution in [3.05, 3.63) is 30.3 Å². The molecule has 0 fully saturated rings. The first-order valence-corrected chi connectivity index (χ1v) is 7.37. The van der Waals surface area contributed by atoms with Crippen molar-refractivity contribution in [2.75, 3.05) is 6.66 Å². The molecule has 0 saturated carbocycles. The molecule has 0 radical (unpaired) electrons. The zero-order chi connectivity index (χ0) is 7.61. The number of hydrogen-bond acceptors (Lipinski definition) is 1. The van der Waals surface area contributed by atoms with Gasteiger partial charge in [0.2, 0.25) is 0 Å². The van der Waals surface area contributed by atoms with Crippen LogP contribution in [-0.4, -0.2) is 26.7 Å². The fourth-order valence-corrected chi connectivity index (χ4v) is 2.20. The van der Waals surface area contributed by atoms with Crippen LogP contribution >= 0.6 is 5.74 Å². The third-order valence-electron chi connectivity index (χ3n) is 1.24. The van der Waals surface area contributed by atoms with Gasteiger partial charge in [0.1, 0.15) is 0 Å². The van der Waals surface area contributed by atoms with E-state index in [1.807, 2.05) is 37.0 Å². The van der Waals surface area contributed by atoms with E-state index in [1.54, 1.807) is 0 Å². The van der Waals surface area contributed by atoms with Gasteiger partial charge in [-0.25, -0.2) is 0 Å². The zero-order valence-electron chi connectivity index (χ0n) is 5.69. The van der Waals surface area contributed by atoms with Crippen molar-refractivity contribution in [2.24, 2.45) is 0 Å². The molecule has 1 aromatic rings. The van der Waals surface area contributed by atoms with Crippen LogP contribution in [-0.2, 0) is 0 Å². The van der Waals surface area contributed by atoms with E-state index in [-0.39, 0.29) is 0 Å². The maximum absolute atomic E-state index is 9.54. The molecule has 0 amide bonds. The summed E-state index contributed by atoms with van der Waals surface area (Å²) in [7, 11) is 0. The first kappa shape index (κ1) is 8.23. The number of rotatable bonds is 1. The summed E-state index contributed by atoms with van der Waals surface area (Å²) in [4.78, 5) is 9.54. The molecule has 1 rings (SSSR count). The second kappa shape index (κ2) is 3.02. The van der Waals surface area contributed by atoms with Gasteiger partial charge in [0.05, 0.1) is 0 Å². The molecule has 54 valence electrons. The van der Waals surface area contributed by atoms with Crippen LogP contribution in [0.25, 0.3) is 0 Å². The number of hydrogen-bond donors (Lipinski definition) is 1. The van der Waals surface area contributed by atoms with Crippen LogP contribution in [0.1, 0.15) is 0 Å². The van der Waals surface area contributed by atoms with Gasteiger partial charge in [-0.3, -0.25) is 0 Å². The molecule has 0 aliphatic heterocycles. The minimum atomic E-state index is -1.89. The van der Waals surface area contributed by atoms with Crippen LogP contribution in [0.2, 0.25) is 0 Å². The van der Waals surface area contributed by atoms with E-state index in [2.05, 4.69) is 15.1 Å². The Balaban J connectivity index is 3.09. The Hall–Kier alpha value is 0.129. The third-order valence-corrected chi connectivity index (χ3v) is 3.82. The molecular formula is C7H9OPSe. The first-order chi connectivity index (χ1) is 4.61. The van der Waals surface area contributed by atoms with Crippen LogP contribution in [0.3, 0.4) is 0 Å². The Kier molecular flexibility index (Phi) is 2.49. The van der Waals surface area contributed by atoms with E-state index < -0.39 is 5.74 Å². The van der Waals surface area contributed by atoms with Crippen LogP contribution in [0.15, 0.2) is 30.3 Å². The Morgan fingerprint density at radius 1 is 1.30 bits per heavy atom. The summed E-state index contributed by atoms with van der Waals surface area (Å²) >= 11 is 2.80. The Morgan fingerprint density at radius 2 is 1.80 bits per heavy atom. The fraction of sp³-hybridized carbons (Fsp3) is 0.143. The average Bonchev–Trinajstić information content (AvgIpc) is 1.88. The van der Waals surface area contributed by atoms with Crippen molar-refractivity contribution in [1.29, 1.82) is 0 Å². The second-order valence-electron chi connectivity index (χ2n) is 2.21. The average molecular weight is 219 g/mol. The van der Waals surface area contributed by atoms with Gasteiger partial charge in [0, 0.05) is 0 Å². The predicted octanol–water partition coefficient (Wildman–Crippen LogP) is 0.950. The molecular weight excluding hydrogens is 210 g/mol. The summed E-state index contributed by atoms with van der Waals surface area (Å²) in [5, 5.41) is 1.01. The van der Waals surface area contributed by atoms with Gasteiger partial charge >= 0.3 is 68.0 Å². The van der Waals surface area contributed by atoms with Crippen LogP contribution < -0.4 is 5.30 Å². The summed E-state index contributed by atoms with van der Waals surface area (Å²) in [6.45, 7) is 1.84. The Bertz CT molecular complexity index is 252.